The van der Waals surface area contributed by atoms with Gasteiger partial charge in [0.15, 0.2) is 0 Å². The Morgan fingerprint density at radius 1 is 0.941 bits per heavy atom. The lowest BCUT2D eigenvalue weighted by atomic mass is 9.69. The van der Waals surface area contributed by atoms with Crippen molar-refractivity contribution in [2.45, 2.75) is 55.5 Å². The lowest BCUT2D eigenvalue weighted by Crippen LogP contribution is -2.49. The molecule has 51 heavy (non-hydrogen) atoms. The highest BCUT2D eigenvalue weighted by molar-refractivity contribution is 7.89. The van der Waals surface area contributed by atoms with Crippen LogP contribution >= 0.6 is 11.6 Å². The number of nitrogens with zero attached hydrogens (tertiary/aromatic N) is 2. The molecule has 4 aromatic carbocycles. The number of aliphatic carboxylic acids is 1. The highest BCUT2D eigenvalue weighted by Gasteiger charge is 2.44. The molecule has 0 bridgehead atoms. The minimum absolute atomic E-state index is 0.0549. The summed E-state index contributed by atoms with van der Waals surface area (Å²) >= 11 is 6.42. The molecule has 1 aliphatic heterocycles. The predicted octanol–water partition coefficient (Wildman–Crippen LogP) is 7.33. The van der Waals surface area contributed by atoms with Gasteiger partial charge in [0, 0.05) is 36.6 Å². The van der Waals surface area contributed by atoms with Crippen LogP contribution in [0.4, 0.5) is 5.69 Å². The second-order valence-corrected chi connectivity index (χ2v) is 16.4. The van der Waals surface area contributed by atoms with Crippen LogP contribution < -0.4 is 19.1 Å². The summed E-state index contributed by atoms with van der Waals surface area (Å²) in [5.74, 6) is 0.700. The first kappa shape index (κ1) is 35.2. The monoisotopic (exact) mass is 730 g/mol. The summed E-state index contributed by atoms with van der Waals surface area (Å²) in [6.07, 6.45) is 4.23. The number of carbonyl (C=O) groups is 1. The molecule has 0 radical (unpaired) electrons. The molecule has 7 rings (SSSR count). The third-order valence-electron chi connectivity index (χ3n) is 10.9. The maximum atomic E-state index is 14.7. The average molecular weight is 731 g/mol. The van der Waals surface area contributed by atoms with Crippen LogP contribution in [0, 0.1) is 11.8 Å². The van der Waals surface area contributed by atoms with E-state index in [1.807, 2.05) is 60.7 Å². The summed E-state index contributed by atoms with van der Waals surface area (Å²) in [5.41, 5.74) is 4.32. The fourth-order valence-corrected chi connectivity index (χ4v) is 9.53. The van der Waals surface area contributed by atoms with Crippen molar-refractivity contribution >= 4 is 33.3 Å². The van der Waals surface area contributed by atoms with Gasteiger partial charge in [-0.15, -0.1) is 0 Å². The van der Waals surface area contributed by atoms with Gasteiger partial charge in [-0.2, -0.15) is 4.31 Å². The first-order valence-corrected chi connectivity index (χ1v) is 19.2. The van der Waals surface area contributed by atoms with E-state index in [1.165, 1.54) is 15.4 Å². The Bertz CT molecular complexity index is 1950. The first-order valence-electron chi connectivity index (χ1n) is 17.4. The minimum atomic E-state index is -4.05. The lowest BCUT2D eigenvalue weighted by Gasteiger charge is -2.43. The average Bonchev–Trinajstić information content (AvgIpc) is 3.26. The Morgan fingerprint density at radius 2 is 1.61 bits per heavy atom. The molecular formula is C40H43ClN2O7S. The number of carboxylic acids is 1. The van der Waals surface area contributed by atoms with E-state index in [1.54, 1.807) is 32.4 Å². The molecule has 4 aromatic rings. The van der Waals surface area contributed by atoms with Gasteiger partial charge in [0.2, 0.25) is 10.0 Å². The SMILES string of the molecule is COc1ccc(CN(Cc2ccc(OC)cc2)S(=O)(=O)c2ccc3c(c2)N(C[C@@H]2CC[C@H]2C(=O)O)C[C@@]2(CCCc4cc(Cl)ccc42)CO3)cc1. The molecule has 11 heteroatoms. The van der Waals surface area contributed by atoms with Crippen molar-refractivity contribution in [2.24, 2.45) is 11.8 Å². The van der Waals surface area contributed by atoms with Crippen LogP contribution in [0.25, 0.3) is 0 Å². The number of methoxy groups -OCH3 is 2. The molecule has 1 heterocycles. The van der Waals surface area contributed by atoms with E-state index >= 15 is 0 Å². The van der Waals surface area contributed by atoms with E-state index in [9.17, 15) is 18.3 Å². The second kappa shape index (κ2) is 14.4. The molecule has 2 aliphatic carbocycles. The summed E-state index contributed by atoms with van der Waals surface area (Å²) < 4.78 is 48.2. The summed E-state index contributed by atoms with van der Waals surface area (Å²) in [6, 6.07) is 25.9. The third-order valence-corrected chi connectivity index (χ3v) is 12.9. The Morgan fingerprint density at radius 3 is 2.20 bits per heavy atom. The maximum Gasteiger partial charge on any atom is 0.306 e. The van der Waals surface area contributed by atoms with Gasteiger partial charge in [-0.25, -0.2) is 8.42 Å². The number of halogens is 1. The molecule has 0 saturated heterocycles. The lowest BCUT2D eigenvalue weighted by molar-refractivity contribution is -0.147. The van der Waals surface area contributed by atoms with Crippen LogP contribution in [0.1, 0.15) is 47.9 Å². The van der Waals surface area contributed by atoms with Crippen molar-refractivity contribution < 1.29 is 32.5 Å². The Labute approximate surface area is 304 Å². The normalized spacial score (nSPS) is 21.2. The van der Waals surface area contributed by atoms with Gasteiger partial charge < -0.3 is 24.2 Å². The van der Waals surface area contributed by atoms with Gasteiger partial charge in [0.05, 0.1) is 37.3 Å². The molecule has 0 aromatic heterocycles. The standard InChI is InChI=1S/C40H43ClN2O7S/c1-48-32-11-5-27(6-12-32)22-43(23-28-7-13-33(49-2)14-8-28)51(46,47)34-15-18-38-37(21-34)42(24-30-9-16-35(30)39(44)45)25-40(26-50-38)19-3-4-29-20-31(41)10-17-36(29)40/h5-8,10-15,17-18,20-21,30,35H,3-4,9,16,19,22-26H2,1-2H3,(H,44,45)/t30-,35+,40-/m0/s1. The molecule has 1 saturated carbocycles. The Hall–Kier alpha value is -4.25. The number of hydrogen-bond acceptors (Lipinski definition) is 7. The van der Waals surface area contributed by atoms with Crippen LogP contribution in [0.2, 0.25) is 5.02 Å². The molecule has 1 N–H and O–H groups in total. The summed E-state index contributed by atoms with van der Waals surface area (Å²) in [4.78, 5) is 14.5. The van der Waals surface area contributed by atoms with Gasteiger partial charge in [-0.3, -0.25) is 4.79 Å². The number of fused-ring (bicyclic) bond motifs is 3. The van der Waals surface area contributed by atoms with Gasteiger partial charge in [-0.05, 0) is 115 Å². The van der Waals surface area contributed by atoms with E-state index in [4.69, 9.17) is 25.8 Å². The highest BCUT2D eigenvalue weighted by Crippen LogP contribution is 2.46. The maximum absolute atomic E-state index is 14.7. The highest BCUT2D eigenvalue weighted by atomic mass is 35.5. The molecule has 1 fully saturated rings. The zero-order valence-corrected chi connectivity index (χ0v) is 30.5. The molecule has 0 unspecified atom stereocenters. The number of sulfonamides is 1. The van der Waals surface area contributed by atoms with Crippen LogP contribution in [0.5, 0.6) is 17.2 Å². The minimum Gasteiger partial charge on any atom is -0.497 e. The number of aryl methyl sites for hydroxylation is 1. The van der Waals surface area contributed by atoms with Gasteiger partial charge in [0.25, 0.3) is 0 Å². The van der Waals surface area contributed by atoms with Crippen LogP contribution in [0.15, 0.2) is 89.8 Å². The van der Waals surface area contributed by atoms with Crippen LogP contribution in [0.3, 0.4) is 0 Å². The Balaban J connectivity index is 1.27. The first-order chi connectivity index (χ1) is 24.6. The fourth-order valence-electron chi connectivity index (χ4n) is 7.89. The van der Waals surface area contributed by atoms with E-state index in [-0.39, 0.29) is 29.3 Å². The van der Waals surface area contributed by atoms with Crippen molar-refractivity contribution in [3.63, 3.8) is 0 Å². The van der Waals surface area contributed by atoms with E-state index in [0.717, 1.165) is 36.8 Å². The largest absolute Gasteiger partial charge is 0.497 e. The number of rotatable bonds is 11. The third kappa shape index (κ3) is 7.14. The topological polar surface area (TPSA) is 106 Å². The summed E-state index contributed by atoms with van der Waals surface area (Å²) in [5, 5.41) is 10.6. The molecule has 1 spiro atoms. The zero-order valence-electron chi connectivity index (χ0n) is 28.9. The quantitative estimate of drug-likeness (QED) is 0.171. The number of hydrogen-bond donors (Lipinski definition) is 1. The summed E-state index contributed by atoms with van der Waals surface area (Å²) in [6.45, 7) is 1.76. The Kier molecular flexibility index (Phi) is 9.93. The van der Waals surface area contributed by atoms with Gasteiger partial charge >= 0.3 is 5.97 Å². The van der Waals surface area contributed by atoms with Gasteiger partial charge in [-0.1, -0.05) is 41.9 Å². The van der Waals surface area contributed by atoms with Crippen LogP contribution in [-0.2, 0) is 39.7 Å². The fraction of sp³-hybridized carbons (Fsp3) is 0.375. The molecule has 3 atom stereocenters. The smallest absolute Gasteiger partial charge is 0.306 e. The van der Waals surface area contributed by atoms with Crippen LogP contribution in [-0.4, -0.2) is 57.7 Å². The zero-order chi connectivity index (χ0) is 35.8. The predicted molar refractivity (Wildman–Crippen MR) is 196 cm³/mol. The van der Waals surface area contributed by atoms with E-state index < -0.39 is 21.9 Å². The number of carboxylic acid groups (broad SMARTS) is 1. The molecular weight excluding hydrogens is 688 g/mol. The van der Waals surface area contributed by atoms with Crippen molar-refractivity contribution in [3.8, 4) is 17.2 Å². The van der Waals surface area contributed by atoms with Crippen molar-refractivity contribution in [3.05, 3.63) is 112 Å². The molecule has 3 aliphatic rings. The second-order valence-electron chi connectivity index (χ2n) is 14.0. The van der Waals surface area contributed by atoms with Crippen molar-refractivity contribution in [1.82, 2.24) is 4.31 Å². The number of ether oxygens (including phenoxy) is 3. The molecule has 9 nitrogen and oxygen atoms in total. The van der Waals surface area contributed by atoms with E-state index in [0.29, 0.717) is 54.1 Å². The van der Waals surface area contributed by atoms with Crippen molar-refractivity contribution in [1.29, 1.82) is 0 Å². The van der Waals surface area contributed by atoms with Crippen molar-refractivity contribution in [2.75, 3.05) is 38.8 Å². The number of anilines is 1. The van der Waals surface area contributed by atoms with Gasteiger partial charge in [0.1, 0.15) is 17.2 Å². The molecule has 268 valence electrons. The van der Waals surface area contributed by atoms with E-state index in [2.05, 4.69) is 11.0 Å². The molecule has 0 amide bonds. The number of benzene rings is 4. The summed E-state index contributed by atoms with van der Waals surface area (Å²) in [7, 11) is -0.858.